The van der Waals surface area contributed by atoms with Crippen molar-refractivity contribution in [1.29, 1.82) is 0 Å². The molecule has 0 fully saturated rings. The van der Waals surface area contributed by atoms with Crippen LogP contribution in [0.1, 0.15) is 37.9 Å². The van der Waals surface area contributed by atoms with Crippen LogP contribution in [0.2, 0.25) is 0 Å². The van der Waals surface area contributed by atoms with Crippen molar-refractivity contribution < 1.29 is 19.1 Å². The Balaban J connectivity index is 1.80. The van der Waals surface area contributed by atoms with E-state index in [1.54, 1.807) is 44.2 Å². The van der Waals surface area contributed by atoms with Crippen LogP contribution in [0.15, 0.2) is 81.7 Å². The number of rotatable bonds is 6. The lowest BCUT2D eigenvalue weighted by Crippen LogP contribution is -2.38. The van der Waals surface area contributed by atoms with Crippen LogP contribution in [0.25, 0.3) is 12.2 Å². The molecule has 0 saturated heterocycles. The molecule has 3 aromatic rings. The Labute approximate surface area is 206 Å². The Morgan fingerprint density at radius 1 is 1.09 bits per heavy atom. The smallest absolute Gasteiger partial charge is 0.338 e. The molecule has 35 heavy (non-hydrogen) atoms. The van der Waals surface area contributed by atoms with Gasteiger partial charge in [0.25, 0.3) is 5.56 Å². The molecule has 1 aliphatic heterocycles. The molecule has 4 rings (SSSR count). The van der Waals surface area contributed by atoms with Gasteiger partial charge >= 0.3 is 11.9 Å². The van der Waals surface area contributed by atoms with Crippen molar-refractivity contribution in [3.8, 4) is 5.75 Å². The van der Waals surface area contributed by atoms with E-state index < -0.39 is 18.0 Å². The van der Waals surface area contributed by atoms with Gasteiger partial charge < -0.3 is 9.47 Å². The van der Waals surface area contributed by atoms with E-state index in [0.29, 0.717) is 26.4 Å². The molecule has 7 nitrogen and oxygen atoms in total. The van der Waals surface area contributed by atoms with Crippen LogP contribution in [-0.2, 0) is 14.3 Å². The molecule has 0 unspecified atom stereocenters. The average Bonchev–Trinajstić information content (AvgIpc) is 3.13. The fourth-order valence-electron chi connectivity index (χ4n) is 3.73. The van der Waals surface area contributed by atoms with Gasteiger partial charge in [-0.15, -0.1) is 0 Å². The van der Waals surface area contributed by atoms with Crippen LogP contribution >= 0.6 is 11.3 Å². The van der Waals surface area contributed by atoms with Gasteiger partial charge in [-0.2, -0.15) is 0 Å². The zero-order valence-electron chi connectivity index (χ0n) is 19.6. The molecule has 2 heterocycles. The molecule has 0 radical (unpaired) electrons. The average molecular weight is 489 g/mol. The Hall–Kier alpha value is -4.04. The number of hydrogen-bond acceptors (Lipinski definition) is 7. The maximum atomic E-state index is 13.5. The lowest BCUT2D eigenvalue weighted by Gasteiger charge is -2.21. The number of carbonyl (C=O) groups excluding carboxylic acids is 2. The number of aromatic nitrogens is 1. The standard InChI is InChI=1S/C27H24N2O5S/c1-4-33-26(32)24-17(2)28-27-29(22(24)15-12-19-8-6-5-7-9-19)25(31)23(35-27)16-20-10-13-21(14-11-20)34-18(3)30/h5-16,22H,4H2,1-3H3/b15-12+,23-16+/t22-/m0/s1. The molecule has 8 heteroatoms. The second-order valence-electron chi connectivity index (χ2n) is 7.78. The summed E-state index contributed by atoms with van der Waals surface area (Å²) in [5, 5.41) is 0. The maximum absolute atomic E-state index is 13.5. The minimum atomic E-state index is -0.654. The van der Waals surface area contributed by atoms with Crippen molar-refractivity contribution in [2.45, 2.75) is 26.8 Å². The zero-order valence-corrected chi connectivity index (χ0v) is 20.4. The molecule has 1 aliphatic rings. The second-order valence-corrected chi connectivity index (χ2v) is 8.79. The summed E-state index contributed by atoms with van der Waals surface area (Å²) < 4.78 is 12.4. The highest BCUT2D eigenvalue weighted by molar-refractivity contribution is 7.07. The van der Waals surface area contributed by atoms with Crippen LogP contribution in [0.5, 0.6) is 5.75 Å². The zero-order chi connectivity index (χ0) is 24.9. The van der Waals surface area contributed by atoms with Crippen molar-refractivity contribution >= 4 is 35.4 Å². The van der Waals surface area contributed by atoms with Gasteiger partial charge in [0.05, 0.1) is 28.5 Å². The molecule has 178 valence electrons. The Kier molecular flexibility index (Phi) is 7.22. The molecule has 0 amide bonds. The van der Waals surface area contributed by atoms with Crippen LogP contribution in [0.3, 0.4) is 0 Å². The van der Waals surface area contributed by atoms with Crippen LogP contribution in [0, 0.1) is 0 Å². The molecular formula is C27H24N2O5S. The van der Waals surface area contributed by atoms with Gasteiger partial charge in [0.1, 0.15) is 5.75 Å². The summed E-state index contributed by atoms with van der Waals surface area (Å²) in [5.74, 6) is -0.467. The first-order valence-corrected chi connectivity index (χ1v) is 11.9. The molecule has 0 aliphatic carbocycles. The Bertz CT molecular complexity index is 1500. The summed E-state index contributed by atoms with van der Waals surface area (Å²) in [7, 11) is 0. The Morgan fingerprint density at radius 2 is 1.80 bits per heavy atom. The highest BCUT2D eigenvalue weighted by atomic mass is 32.1. The number of fused-ring (bicyclic) bond motifs is 1. The molecule has 0 saturated carbocycles. The van der Waals surface area contributed by atoms with Crippen LogP contribution in [-0.4, -0.2) is 23.1 Å². The predicted molar refractivity (Wildman–Crippen MR) is 135 cm³/mol. The summed E-state index contributed by atoms with van der Waals surface area (Å²) in [5.41, 5.74) is 2.31. The summed E-state index contributed by atoms with van der Waals surface area (Å²) in [6, 6.07) is 15.9. The third-order valence-electron chi connectivity index (χ3n) is 5.27. The fraction of sp³-hybridized carbons (Fsp3) is 0.185. The predicted octanol–water partition coefficient (Wildman–Crippen LogP) is 3.39. The van der Waals surface area contributed by atoms with Crippen LogP contribution < -0.4 is 19.6 Å². The Morgan fingerprint density at radius 3 is 2.46 bits per heavy atom. The minimum Gasteiger partial charge on any atom is -0.463 e. The van der Waals surface area contributed by atoms with Gasteiger partial charge in [-0.1, -0.05) is 66.0 Å². The maximum Gasteiger partial charge on any atom is 0.338 e. The van der Waals surface area contributed by atoms with Crippen molar-refractivity contribution in [2.75, 3.05) is 6.61 Å². The number of carbonyl (C=O) groups is 2. The van der Waals surface area contributed by atoms with E-state index >= 15 is 0 Å². The van der Waals surface area contributed by atoms with E-state index in [1.807, 2.05) is 42.5 Å². The summed E-state index contributed by atoms with van der Waals surface area (Å²) in [4.78, 5) is 42.5. The number of benzene rings is 2. The normalized spacial score (nSPS) is 15.6. The molecule has 0 N–H and O–H groups in total. The fourth-order valence-corrected chi connectivity index (χ4v) is 4.79. The lowest BCUT2D eigenvalue weighted by molar-refractivity contribution is -0.139. The largest absolute Gasteiger partial charge is 0.463 e. The molecule has 0 spiro atoms. The molecule has 0 bridgehead atoms. The van der Waals surface area contributed by atoms with E-state index in [9.17, 15) is 14.4 Å². The second kappa shape index (κ2) is 10.5. The highest BCUT2D eigenvalue weighted by Gasteiger charge is 2.30. The summed E-state index contributed by atoms with van der Waals surface area (Å²) >= 11 is 1.25. The summed E-state index contributed by atoms with van der Waals surface area (Å²) in [6.45, 7) is 5.05. The number of thiazole rings is 1. The topological polar surface area (TPSA) is 87.0 Å². The monoisotopic (exact) mass is 488 g/mol. The third kappa shape index (κ3) is 5.38. The van der Waals surface area contributed by atoms with E-state index in [2.05, 4.69) is 4.99 Å². The first kappa shape index (κ1) is 24.1. The molecule has 1 atom stereocenters. The first-order chi connectivity index (χ1) is 16.9. The van der Waals surface area contributed by atoms with Gasteiger partial charge in [0.15, 0.2) is 4.80 Å². The lowest BCUT2D eigenvalue weighted by atomic mass is 10.0. The number of hydrogen-bond donors (Lipinski definition) is 0. The molecular weight excluding hydrogens is 464 g/mol. The number of esters is 2. The van der Waals surface area contributed by atoms with Gasteiger partial charge in [-0.3, -0.25) is 14.2 Å². The van der Waals surface area contributed by atoms with Crippen LogP contribution in [0.4, 0.5) is 0 Å². The SMILES string of the molecule is CCOC(=O)C1=C(C)N=c2s/c(=C/c3ccc(OC(C)=O)cc3)c(=O)n2[C@H]1/C=C/c1ccccc1. The van der Waals surface area contributed by atoms with Gasteiger partial charge in [0.2, 0.25) is 0 Å². The number of allylic oxidation sites excluding steroid dienone is 2. The van der Waals surface area contributed by atoms with Crippen molar-refractivity contribution in [1.82, 2.24) is 4.57 Å². The van der Waals surface area contributed by atoms with E-state index in [-0.39, 0.29) is 12.2 Å². The van der Waals surface area contributed by atoms with E-state index in [4.69, 9.17) is 9.47 Å². The highest BCUT2D eigenvalue weighted by Crippen LogP contribution is 2.26. The molecule has 2 aromatic carbocycles. The minimum absolute atomic E-state index is 0.221. The number of ether oxygens (including phenoxy) is 2. The van der Waals surface area contributed by atoms with Gasteiger partial charge in [-0.25, -0.2) is 9.79 Å². The van der Waals surface area contributed by atoms with E-state index in [1.165, 1.54) is 22.8 Å². The first-order valence-electron chi connectivity index (χ1n) is 11.1. The van der Waals surface area contributed by atoms with Crippen molar-refractivity contribution in [3.63, 3.8) is 0 Å². The van der Waals surface area contributed by atoms with E-state index in [0.717, 1.165) is 11.1 Å². The van der Waals surface area contributed by atoms with Crippen molar-refractivity contribution in [2.24, 2.45) is 4.99 Å². The third-order valence-corrected chi connectivity index (χ3v) is 6.25. The quantitative estimate of drug-likeness (QED) is 0.392. The van der Waals surface area contributed by atoms with Crippen molar-refractivity contribution in [3.05, 3.63) is 103 Å². The number of nitrogens with zero attached hydrogens (tertiary/aromatic N) is 2. The molecule has 1 aromatic heterocycles. The van der Waals surface area contributed by atoms with Gasteiger partial charge in [0, 0.05) is 6.92 Å². The van der Waals surface area contributed by atoms with Gasteiger partial charge in [-0.05, 0) is 43.2 Å². The summed E-state index contributed by atoms with van der Waals surface area (Å²) in [6.07, 6.45) is 5.46.